The molecule has 10 heteroatoms. The number of anilines is 1. The Kier molecular flexibility index (Phi) is 5.69. The van der Waals surface area contributed by atoms with Crippen molar-refractivity contribution in [3.05, 3.63) is 54.2 Å². The van der Waals surface area contributed by atoms with E-state index in [9.17, 15) is 4.79 Å². The third-order valence-electron chi connectivity index (χ3n) is 6.82. The van der Waals surface area contributed by atoms with E-state index in [2.05, 4.69) is 15.4 Å². The molecule has 0 radical (unpaired) electrons. The lowest BCUT2D eigenvalue weighted by atomic mass is 9.89. The van der Waals surface area contributed by atoms with Crippen LogP contribution in [-0.2, 0) is 39.9 Å². The molecule has 36 heavy (non-hydrogen) atoms. The number of carbonyl (C=O) groups excluding carboxylic acids is 1. The van der Waals surface area contributed by atoms with E-state index in [0.717, 1.165) is 52.0 Å². The fourth-order valence-corrected chi connectivity index (χ4v) is 5.11. The maximum Gasteiger partial charge on any atom is 0.222 e. The third kappa shape index (κ3) is 4.02. The summed E-state index contributed by atoms with van der Waals surface area (Å²) in [4.78, 5) is 21.2. The average molecular weight is 489 g/mol. The van der Waals surface area contributed by atoms with E-state index < -0.39 is 5.60 Å². The SMILES string of the molecule is CC(=O)Nc1cc2c(-c3cc(OCCn4cccn4)c4c(n3)C3(CCOC3)OCC4)cn(C)c2cn1. The summed E-state index contributed by atoms with van der Waals surface area (Å²) in [5.74, 6) is 1.14. The number of nitrogens with one attached hydrogen (secondary N) is 1. The van der Waals surface area contributed by atoms with Crippen LogP contribution in [0.1, 0.15) is 24.6 Å². The number of amides is 1. The first kappa shape index (κ1) is 22.7. The molecule has 4 aromatic rings. The molecule has 0 bridgehead atoms. The van der Waals surface area contributed by atoms with Crippen molar-refractivity contribution in [3.8, 4) is 17.0 Å². The molecule has 0 aromatic carbocycles. The van der Waals surface area contributed by atoms with Gasteiger partial charge in [0.25, 0.3) is 0 Å². The van der Waals surface area contributed by atoms with Gasteiger partial charge in [0.05, 0.1) is 42.9 Å². The zero-order chi connectivity index (χ0) is 24.7. The molecule has 1 amide bonds. The maximum atomic E-state index is 11.6. The van der Waals surface area contributed by atoms with Gasteiger partial charge in [-0.25, -0.2) is 9.97 Å². The fourth-order valence-electron chi connectivity index (χ4n) is 5.11. The van der Waals surface area contributed by atoms with Crippen LogP contribution in [0.4, 0.5) is 5.82 Å². The lowest BCUT2D eigenvalue weighted by Gasteiger charge is -2.34. The van der Waals surface area contributed by atoms with Crippen LogP contribution in [0.2, 0.25) is 0 Å². The van der Waals surface area contributed by atoms with Crippen molar-refractivity contribution in [1.29, 1.82) is 0 Å². The number of nitrogens with zero attached hydrogens (tertiary/aromatic N) is 5. The normalized spacial score (nSPS) is 19.1. The third-order valence-corrected chi connectivity index (χ3v) is 6.82. The van der Waals surface area contributed by atoms with Crippen LogP contribution in [0.15, 0.2) is 43.0 Å². The van der Waals surface area contributed by atoms with Gasteiger partial charge in [-0.3, -0.25) is 9.48 Å². The van der Waals surface area contributed by atoms with Gasteiger partial charge in [0.1, 0.15) is 23.8 Å². The molecule has 1 saturated heterocycles. The van der Waals surface area contributed by atoms with Crippen LogP contribution in [0, 0.1) is 0 Å². The molecule has 0 aliphatic carbocycles. The number of aryl methyl sites for hydroxylation is 1. The highest BCUT2D eigenvalue weighted by atomic mass is 16.6. The zero-order valence-corrected chi connectivity index (χ0v) is 20.4. The highest BCUT2D eigenvalue weighted by Crippen LogP contribution is 2.44. The Bertz CT molecular complexity index is 1420. The summed E-state index contributed by atoms with van der Waals surface area (Å²) < 4.78 is 22.3. The van der Waals surface area contributed by atoms with Crippen LogP contribution < -0.4 is 10.1 Å². The topological polar surface area (TPSA) is 105 Å². The number of ether oxygens (including phenoxy) is 3. The molecule has 2 aliphatic rings. The summed E-state index contributed by atoms with van der Waals surface area (Å²) in [6.07, 6.45) is 8.97. The molecule has 6 heterocycles. The van der Waals surface area contributed by atoms with Crippen LogP contribution in [0.5, 0.6) is 5.75 Å². The Morgan fingerprint density at radius 1 is 1.31 bits per heavy atom. The van der Waals surface area contributed by atoms with E-state index in [-0.39, 0.29) is 5.91 Å². The Hall–Kier alpha value is -3.76. The lowest BCUT2D eigenvalue weighted by molar-refractivity contribution is -0.114. The summed E-state index contributed by atoms with van der Waals surface area (Å²) in [6, 6.07) is 5.80. The second-order valence-corrected chi connectivity index (χ2v) is 9.27. The van der Waals surface area contributed by atoms with Crippen molar-refractivity contribution in [1.82, 2.24) is 24.3 Å². The molecule has 4 aromatic heterocycles. The highest BCUT2D eigenvalue weighted by Gasteiger charge is 2.44. The maximum absolute atomic E-state index is 11.6. The predicted molar refractivity (Wildman–Crippen MR) is 133 cm³/mol. The minimum Gasteiger partial charge on any atom is -0.491 e. The van der Waals surface area contributed by atoms with Crippen molar-refractivity contribution >= 4 is 22.6 Å². The van der Waals surface area contributed by atoms with Crippen molar-refractivity contribution < 1.29 is 19.0 Å². The van der Waals surface area contributed by atoms with E-state index in [0.29, 0.717) is 38.8 Å². The zero-order valence-electron chi connectivity index (χ0n) is 20.4. The second-order valence-electron chi connectivity index (χ2n) is 9.27. The summed E-state index contributed by atoms with van der Waals surface area (Å²) >= 11 is 0. The van der Waals surface area contributed by atoms with Gasteiger partial charge in [-0.15, -0.1) is 0 Å². The number of fused-ring (bicyclic) bond motifs is 3. The monoisotopic (exact) mass is 488 g/mol. The number of rotatable bonds is 6. The quantitative estimate of drug-likeness (QED) is 0.445. The molecule has 10 nitrogen and oxygen atoms in total. The van der Waals surface area contributed by atoms with E-state index >= 15 is 0 Å². The molecule has 186 valence electrons. The summed E-state index contributed by atoms with van der Waals surface area (Å²) in [7, 11) is 1.97. The van der Waals surface area contributed by atoms with Crippen LogP contribution in [0.3, 0.4) is 0 Å². The molecule has 1 unspecified atom stereocenters. The van der Waals surface area contributed by atoms with Gasteiger partial charge >= 0.3 is 0 Å². The van der Waals surface area contributed by atoms with Crippen molar-refractivity contribution in [2.75, 3.05) is 31.7 Å². The molecule has 1 spiro atoms. The van der Waals surface area contributed by atoms with Gasteiger partial charge in [-0.05, 0) is 12.1 Å². The van der Waals surface area contributed by atoms with Crippen LogP contribution in [-0.4, -0.2) is 56.7 Å². The standard InChI is InChI=1S/C26H28N6O4/c1-17(33)29-24-12-19-20(15-31(2)22(19)14-27-24)21-13-23(35-11-8-32-7-3-6-28-32)18-4-9-36-26(25(18)30-21)5-10-34-16-26/h3,6-7,12-15H,4-5,8-11,16H2,1-2H3,(H,27,29,33). The van der Waals surface area contributed by atoms with Gasteiger partial charge in [-0.2, -0.15) is 5.10 Å². The number of pyridine rings is 2. The molecule has 1 fully saturated rings. The Labute approximate surface area is 208 Å². The van der Waals surface area contributed by atoms with Gasteiger partial charge < -0.3 is 24.1 Å². The summed E-state index contributed by atoms with van der Waals surface area (Å²) in [5.41, 5.74) is 4.07. The van der Waals surface area contributed by atoms with E-state index in [1.807, 2.05) is 46.9 Å². The molecule has 2 aliphatic heterocycles. The average Bonchev–Trinajstić information content (AvgIpc) is 3.61. The van der Waals surface area contributed by atoms with E-state index in [4.69, 9.17) is 19.2 Å². The number of hydrogen-bond donors (Lipinski definition) is 1. The number of hydrogen-bond acceptors (Lipinski definition) is 7. The molecular formula is C26H28N6O4. The number of carbonyl (C=O) groups is 1. The minimum atomic E-state index is -0.558. The van der Waals surface area contributed by atoms with Crippen molar-refractivity contribution in [2.45, 2.75) is 31.9 Å². The van der Waals surface area contributed by atoms with Gasteiger partial charge in [0, 0.05) is 74.6 Å². The van der Waals surface area contributed by atoms with Crippen LogP contribution >= 0.6 is 0 Å². The largest absolute Gasteiger partial charge is 0.491 e. The van der Waals surface area contributed by atoms with E-state index in [1.165, 1.54) is 6.92 Å². The van der Waals surface area contributed by atoms with E-state index in [1.54, 1.807) is 12.4 Å². The smallest absolute Gasteiger partial charge is 0.222 e. The predicted octanol–water partition coefficient (Wildman–Crippen LogP) is 3.06. The Balaban J connectivity index is 1.46. The van der Waals surface area contributed by atoms with Crippen molar-refractivity contribution in [3.63, 3.8) is 0 Å². The number of aromatic nitrogens is 5. The van der Waals surface area contributed by atoms with Crippen LogP contribution in [0.25, 0.3) is 22.2 Å². The van der Waals surface area contributed by atoms with Gasteiger partial charge in [-0.1, -0.05) is 0 Å². The first-order valence-electron chi connectivity index (χ1n) is 12.1. The fraction of sp³-hybridized carbons (Fsp3) is 0.385. The lowest BCUT2D eigenvalue weighted by Crippen LogP contribution is -2.37. The molecule has 6 rings (SSSR count). The second kappa shape index (κ2) is 9.03. The highest BCUT2D eigenvalue weighted by molar-refractivity contribution is 5.98. The Morgan fingerprint density at radius 2 is 2.22 bits per heavy atom. The molecule has 1 N–H and O–H groups in total. The molecule has 0 saturated carbocycles. The summed E-state index contributed by atoms with van der Waals surface area (Å²) in [6.45, 7) is 4.32. The minimum absolute atomic E-state index is 0.167. The molecular weight excluding hydrogens is 460 g/mol. The van der Waals surface area contributed by atoms with Gasteiger partial charge in [0.15, 0.2) is 0 Å². The van der Waals surface area contributed by atoms with Crippen molar-refractivity contribution in [2.24, 2.45) is 7.05 Å². The molecule has 1 atom stereocenters. The summed E-state index contributed by atoms with van der Waals surface area (Å²) in [5, 5.41) is 7.99. The Morgan fingerprint density at radius 3 is 3.00 bits per heavy atom. The first-order chi connectivity index (χ1) is 17.5. The van der Waals surface area contributed by atoms with Gasteiger partial charge in [0.2, 0.25) is 5.91 Å². The first-order valence-corrected chi connectivity index (χ1v) is 12.1.